The Labute approximate surface area is 219 Å². The summed E-state index contributed by atoms with van der Waals surface area (Å²) in [5.74, 6) is -1.68. The number of oxime groups is 1. The molecule has 4 amide bonds. The van der Waals surface area contributed by atoms with Gasteiger partial charge in [-0.3, -0.25) is 9.59 Å². The standard InChI is InChI=1S/C27H27N5O6/c1-31(21-12-5-3-6-13-21)24(34)18-32(22-14-7-4-8-15-22)23(33)17-28-27(36)29-20-11-9-10-19(16-20)25(30-37)26(35)38-2/h3-16,37H,17-18H2,1-2H3,(H2,28,29,36)/b30-25+. The van der Waals surface area contributed by atoms with Gasteiger partial charge < -0.3 is 30.4 Å². The summed E-state index contributed by atoms with van der Waals surface area (Å²) in [7, 11) is 2.77. The van der Waals surface area contributed by atoms with Gasteiger partial charge in [-0.05, 0) is 36.4 Å². The molecule has 0 fully saturated rings. The van der Waals surface area contributed by atoms with E-state index in [1.54, 1.807) is 55.6 Å². The maximum atomic E-state index is 13.1. The monoisotopic (exact) mass is 517 g/mol. The van der Waals surface area contributed by atoms with Crippen LogP contribution in [0.15, 0.2) is 90.1 Å². The lowest BCUT2D eigenvalue weighted by Gasteiger charge is -2.25. The van der Waals surface area contributed by atoms with E-state index in [1.165, 1.54) is 28.0 Å². The molecule has 0 aliphatic heterocycles. The molecule has 0 aliphatic rings. The molecule has 3 aromatic rings. The smallest absolute Gasteiger partial charge is 0.360 e. The van der Waals surface area contributed by atoms with Crippen molar-refractivity contribution in [2.24, 2.45) is 5.16 Å². The van der Waals surface area contributed by atoms with Crippen LogP contribution < -0.4 is 20.4 Å². The van der Waals surface area contributed by atoms with Crippen LogP contribution in [-0.2, 0) is 19.1 Å². The third-order valence-electron chi connectivity index (χ3n) is 5.45. The van der Waals surface area contributed by atoms with Crippen molar-refractivity contribution in [2.45, 2.75) is 0 Å². The molecule has 0 aliphatic carbocycles. The molecule has 0 bridgehead atoms. The number of hydrogen-bond acceptors (Lipinski definition) is 7. The van der Waals surface area contributed by atoms with Crippen LogP contribution in [0, 0.1) is 0 Å². The zero-order chi connectivity index (χ0) is 27.5. The van der Waals surface area contributed by atoms with Crippen LogP contribution in [-0.4, -0.2) is 62.0 Å². The third kappa shape index (κ3) is 7.17. The Morgan fingerprint density at radius 2 is 1.50 bits per heavy atom. The molecule has 0 radical (unpaired) electrons. The predicted octanol–water partition coefficient (Wildman–Crippen LogP) is 2.86. The Hall–Kier alpha value is -5.19. The van der Waals surface area contributed by atoms with E-state index < -0.39 is 24.5 Å². The second kappa shape index (κ2) is 13.2. The molecule has 196 valence electrons. The lowest BCUT2D eigenvalue weighted by atomic mass is 10.1. The summed E-state index contributed by atoms with van der Waals surface area (Å²) < 4.78 is 4.57. The quantitative estimate of drug-likeness (QED) is 0.173. The molecule has 0 aromatic heterocycles. The molecule has 0 saturated heterocycles. The fourth-order valence-electron chi connectivity index (χ4n) is 3.45. The molecule has 0 unspecified atom stereocenters. The van der Waals surface area contributed by atoms with Gasteiger partial charge in [0.1, 0.15) is 6.54 Å². The fourth-order valence-corrected chi connectivity index (χ4v) is 3.45. The van der Waals surface area contributed by atoms with Crippen LogP contribution >= 0.6 is 0 Å². The third-order valence-corrected chi connectivity index (χ3v) is 5.45. The van der Waals surface area contributed by atoms with Crippen LogP contribution in [0.4, 0.5) is 21.9 Å². The van der Waals surface area contributed by atoms with E-state index >= 15 is 0 Å². The Morgan fingerprint density at radius 1 is 0.868 bits per heavy atom. The van der Waals surface area contributed by atoms with Gasteiger partial charge in [0.05, 0.1) is 13.7 Å². The van der Waals surface area contributed by atoms with Crippen molar-refractivity contribution in [3.8, 4) is 0 Å². The summed E-state index contributed by atoms with van der Waals surface area (Å²) in [6, 6.07) is 23.0. The van der Waals surface area contributed by atoms with Gasteiger partial charge in [0.2, 0.25) is 11.8 Å². The number of esters is 1. The Bertz CT molecular complexity index is 1310. The molecule has 3 rings (SSSR count). The molecule has 0 spiro atoms. The number of carbonyl (C=O) groups excluding carboxylic acids is 4. The number of anilines is 3. The van der Waals surface area contributed by atoms with E-state index in [0.29, 0.717) is 11.4 Å². The first-order chi connectivity index (χ1) is 18.3. The molecule has 0 heterocycles. The topological polar surface area (TPSA) is 141 Å². The minimum absolute atomic E-state index is 0.213. The highest BCUT2D eigenvalue weighted by Gasteiger charge is 2.22. The van der Waals surface area contributed by atoms with Crippen molar-refractivity contribution in [2.75, 3.05) is 42.4 Å². The first-order valence-corrected chi connectivity index (χ1v) is 11.5. The van der Waals surface area contributed by atoms with E-state index in [-0.39, 0.29) is 29.4 Å². The largest absolute Gasteiger partial charge is 0.464 e. The highest BCUT2D eigenvalue weighted by atomic mass is 16.5. The number of nitrogens with zero attached hydrogens (tertiary/aromatic N) is 3. The minimum atomic E-state index is -0.854. The first-order valence-electron chi connectivity index (χ1n) is 11.5. The van der Waals surface area contributed by atoms with Crippen LogP contribution in [0.1, 0.15) is 5.56 Å². The number of amides is 4. The van der Waals surface area contributed by atoms with Crippen molar-refractivity contribution in [1.29, 1.82) is 0 Å². The van der Waals surface area contributed by atoms with E-state index in [1.807, 2.05) is 18.2 Å². The number of urea groups is 1. The van der Waals surface area contributed by atoms with Crippen molar-refractivity contribution in [3.63, 3.8) is 0 Å². The van der Waals surface area contributed by atoms with Crippen molar-refractivity contribution in [3.05, 3.63) is 90.5 Å². The number of hydrogen-bond donors (Lipinski definition) is 3. The molecule has 38 heavy (non-hydrogen) atoms. The number of nitrogens with one attached hydrogen (secondary N) is 2. The summed E-state index contributed by atoms with van der Waals surface area (Å²) in [5, 5.41) is 17.1. The number of methoxy groups -OCH3 is 1. The van der Waals surface area contributed by atoms with Gasteiger partial charge in [0.15, 0.2) is 5.71 Å². The minimum Gasteiger partial charge on any atom is -0.464 e. The van der Waals surface area contributed by atoms with Gasteiger partial charge in [0, 0.05) is 29.7 Å². The van der Waals surface area contributed by atoms with Crippen molar-refractivity contribution >= 4 is 46.6 Å². The fraction of sp³-hybridized carbons (Fsp3) is 0.148. The van der Waals surface area contributed by atoms with Crippen LogP contribution in [0.3, 0.4) is 0 Å². The van der Waals surface area contributed by atoms with E-state index in [2.05, 4.69) is 20.5 Å². The van der Waals surface area contributed by atoms with Gasteiger partial charge in [-0.15, -0.1) is 0 Å². The Morgan fingerprint density at radius 3 is 2.11 bits per heavy atom. The first kappa shape index (κ1) is 27.4. The second-order valence-corrected chi connectivity index (χ2v) is 7.93. The highest BCUT2D eigenvalue weighted by Crippen LogP contribution is 2.17. The lowest BCUT2D eigenvalue weighted by molar-refractivity contribution is -0.132. The molecule has 0 saturated carbocycles. The molecule has 0 atom stereocenters. The number of rotatable bonds is 9. The predicted molar refractivity (Wildman–Crippen MR) is 142 cm³/mol. The van der Waals surface area contributed by atoms with Gasteiger partial charge in [-0.2, -0.15) is 0 Å². The highest BCUT2D eigenvalue weighted by molar-refractivity contribution is 6.43. The number of para-hydroxylation sites is 2. The zero-order valence-corrected chi connectivity index (χ0v) is 20.8. The SMILES string of the molecule is COC(=O)/C(=N/O)c1cccc(NC(=O)NCC(=O)N(CC(=O)N(C)c2ccccc2)c2ccccc2)c1. The van der Waals surface area contributed by atoms with E-state index in [4.69, 9.17) is 5.21 Å². The van der Waals surface area contributed by atoms with Gasteiger partial charge in [0.25, 0.3) is 0 Å². The lowest BCUT2D eigenvalue weighted by Crippen LogP contribution is -2.46. The summed E-state index contributed by atoms with van der Waals surface area (Å²) in [6.45, 7) is -0.634. The number of carbonyl (C=O) groups is 4. The van der Waals surface area contributed by atoms with Gasteiger partial charge >= 0.3 is 12.0 Å². The van der Waals surface area contributed by atoms with E-state index in [9.17, 15) is 19.2 Å². The number of likely N-dealkylation sites (N-methyl/N-ethyl adjacent to an activating group) is 1. The van der Waals surface area contributed by atoms with Crippen LogP contribution in [0.25, 0.3) is 0 Å². The van der Waals surface area contributed by atoms with Gasteiger partial charge in [-0.1, -0.05) is 53.7 Å². The van der Waals surface area contributed by atoms with Gasteiger partial charge in [-0.25, -0.2) is 9.59 Å². The maximum Gasteiger partial charge on any atom is 0.360 e. The molecular formula is C27H27N5O6. The second-order valence-electron chi connectivity index (χ2n) is 7.93. The van der Waals surface area contributed by atoms with Crippen LogP contribution in [0.5, 0.6) is 0 Å². The average Bonchev–Trinajstić information content (AvgIpc) is 2.95. The van der Waals surface area contributed by atoms with Crippen molar-refractivity contribution in [1.82, 2.24) is 5.32 Å². The van der Waals surface area contributed by atoms with E-state index in [0.717, 1.165) is 7.11 Å². The summed E-state index contributed by atoms with van der Waals surface area (Å²) >= 11 is 0. The Kier molecular flexibility index (Phi) is 9.52. The zero-order valence-electron chi connectivity index (χ0n) is 20.8. The van der Waals surface area contributed by atoms with Crippen molar-refractivity contribution < 1.29 is 29.1 Å². The molecule has 3 N–H and O–H groups in total. The molecular weight excluding hydrogens is 490 g/mol. The normalized spacial score (nSPS) is 10.7. The molecule has 11 heteroatoms. The number of benzene rings is 3. The summed E-state index contributed by atoms with van der Waals surface area (Å²) in [5.41, 5.74) is 1.33. The molecule has 11 nitrogen and oxygen atoms in total. The maximum absolute atomic E-state index is 13.1. The number of ether oxygens (including phenoxy) is 1. The summed E-state index contributed by atoms with van der Waals surface area (Å²) in [6.07, 6.45) is 0. The summed E-state index contributed by atoms with van der Waals surface area (Å²) in [4.78, 5) is 53.1. The molecule has 3 aromatic carbocycles. The van der Waals surface area contributed by atoms with Crippen LogP contribution in [0.2, 0.25) is 0 Å². The average molecular weight is 518 g/mol. The Balaban J connectivity index is 1.67.